The maximum atomic E-state index is 13.3. The van der Waals surface area contributed by atoms with Crippen molar-refractivity contribution in [1.29, 1.82) is 0 Å². The van der Waals surface area contributed by atoms with Crippen LogP contribution in [0.25, 0.3) is 22.3 Å². The van der Waals surface area contributed by atoms with Crippen molar-refractivity contribution in [3.05, 3.63) is 98.7 Å². The summed E-state index contributed by atoms with van der Waals surface area (Å²) in [5.41, 5.74) is 7.18. The van der Waals surface area contributed by atoms with Crippen molar-refractivity contribution in [2.24, 2.45) is 0 Å². The number of fused-ring (bicyclic) bond motifs is 1. The van der Waals surface area contributed by atoms with Crippen LogP contribution in [-0.4, -0.2) is 9.66 Å². The molecule has 0 bridgehead atoms. The average molecular weight is 462 g/mol. The average Bonchev–Trinajstić information content (AvgIpc) is 2.77. The third-order valence-corrected chi connectivity index (χ3v) is 5.63. The van der Waals surface area contributed by atoms with Gasteiger partial charge in [-0.05, 0) is 48.2 Å². The van der Waals surface area contributed by atoms with E-state index in [2.05, 4.69) is 52.5 Å². The van der Waals surface area contributed by atoms with Crippen LogP contribution in [0.1, 0.15) is 30.9 Å². The van der Waals surface area contributed by atoms with Crippen molar-refractivity contribution in [2.75, 3.05) is 5.43 Å². The molecule has 4 aromatic rings. The van der Waals surface area contributed by atoms with E-state index in [4.69, 9.17) is 4.98 Å². The lowest BCUT2D eigenvalue weighted by atomic mass is 10.1. The lowest BCUT2D eigenvalue weighted by molar-refractivity contribution is 0.793. The Labute approximate surface area is 184 Å². The topological polar surface area (TPSA) is 46.9 Å². The van der Waals surface area contributed by atoms with Crippen LogP contribution >= 0.6 is 15.9 Å². The normalized spacial score (nSPS) is 11.0. The largest absolute Gasteiger partial charge is 0.317 e. The van der Waals surface area contributed by atoms with Crippen LogP contribution in [0.5, 0.6) is 0 Å². The molecular formula is C25H24BrN3O. The van der Waals surface area contributed by atoms with E-state index in [1.165, 1.54) is 18.4 Å². The molecule has 5 heteroatoms. The molecule has 1 aromatic heterocycles. The predicted molar refractivity (Wildman–Crippen MR) is 127 cm³/mol. The molecule has 0 aliphatic heterocycles. The third-order valence-electron chi connectivity index (χ3n) is 5.14. The van der Waals surface area contributed by atoms with Crippen LogP contribution < -0.4 is 11.0 Å². The van der Waals surface area contributed by atoms with Gasteiger partial charge in [0.05, 0.1) is 17.4 Å². The molecule has 0 fully saturated rings. The van der Waals surface area contributed by atoms with Crippen molar-refractivity contribution < 1.29 is 0 Å². The number of nitrogens with one attached hydrogen (secondary N) is 1. The van der Waals surface area contributed by atoms with Crippen molar-refractivity contribution in [1.82, 2.24) is 9.66 Å². The number of unbranched alkanes of at least 4 members (excludes halogenated alkanes) is 1. The van der Waals surface area contributed by atoms with Gasteiger partial charge in [0.1, 0.15) is 0 Å². The molecule has 3 aromatic carbocycles. The minimum absolute atomic E-state index is 0.0966. The van der Waals surface area contributed by atoms with Gasteiger partial charge >= 0.3 is 0 Å². The summed E-state index contributed by atoms with van der Waals surface area (Å²) >= 11 is 3.50. The molecule has 0 amide bonds. The molecule has 0 aliphatic rings. The van der Waals surface area contributed by atoms with Crippen LogP contribution in [-0.2, 0) is 13.0 Å². The molecule has 1 heterocycles. The van der Waals surface area contributed by atoms with E-state index in [1.54, 1.807) is 4.68 Å². The second kappa shape index (κ2) is 9.26. The molecule has 1 N–H and O–H groups in total. The fraction of sp³-hybridized carbons (Fsp3) is 0.200. The Morgan fingerprint density at radius 1 is 0.967 bits per heavy atom. The first kappa shape index (κ1) is 20.4. The second-order valence-corrected chi connectivity index (χ2v) is 8.27. The molecule has 0 saturated heterocycles. The van der Waals surface area contributed by atoms with Gasteiger partial charge in [-0.3, -0.25) is 4.79 Å². The Balaban J connectivity index is 1.75. The van der Waals surface area contributed by atoms with E-state index in [1.807, 2.05) is 48.5 Å². The second-order valence-electron chi connectivity index (χ2n) is 7.36. The molecule has 0 atom stereocenters. The fourth-order valence-corrected chi connectivity index (χ4v) is 3.94. The quantitative estimate of drug-likeness (QED) is 0.371. The van der Waals surface area contributed by atoms with Gasteiger partial charge in [0.2, 0.25) is 0 Å². The van der Waals surface area contributed by atoms with E-state index in [-0.39, 0.29) is 5.56 Å². The Hall–Kier alpha value is -2.92. The molecule has 0 unspecified atom stereocenters. The summed E-state index contributed by atoms with van der Waals surface area (Å²) in [5, 5.41) is 0.600. The minimum Gasteiger partial charge on any atom is -0.317 e. The highest BCUT2D eigenvalue weighted by molar-refractivity contribution is 9.10. The first-order valence-electron chi connectivity index (χ1n) is 10.2. The summed E-state index contributed by atoms with van der Waals surface area (Å²) in [6, 6.07) is 23.9. The van der Waals surface area contributed by atoms with E-state index in [0.29, 0.717) is 23.3 Å². The Bertz CT molecular complexity index is 1220. The number of hydrogen-bond acceptors (Lipinski definition) is 3. The highest BCUT2D eigenvalue weighted by atomic mass is 79.9. The maximum Gasteiger partial charge on any atom is 0.280 e. The van der Waals surface area contributed by atoms with Crippen molar-refractivity contribution in [3.8, 4) is 11.4 Å². The van der Waals surface area contributed by atoms with Gasteiger partial charge in [0.25, 0.3) is 5.56 Å². The van der Waals surface area contributed by atoms with Crippen molar-refractivity contribution in [2.45, 2.75) is 32.7 Å². The monoisotopic (exact) mass is 461 g/mol. The summed E-state index contributed by atoms with van der Waals surface area (Å²) in [5.74, 6) is 0.621. The number of nitrogens with zero attached hydrogens (tertiary/aromatic N) is 2. The Kier molecular flexibility index (Phi) is 6.29. The van der Waals surface area contributed by atoms with Crippen LogP contribution in [0.15, 0.2) is 82.1 Å². The molecule has 4 rings (SSSR count). The van der Waals surface area contributed by atoms with Gasteiger partial charge in [-0.1, -0.05) is 77.8 Å². The van der Waals surface area contributed by atoms with Crippen LogP contribution in [0.2, 0.25) is 0 Å². The van der Waals surface area contributed by atoms with E-state index < -0.39 is 0 Å². The molecule has 0 aliphatic carbocycles. The molecule has 0 radical (unpaired) electrons. The summed E-state index contributed by atoms with van der Waals surface area (Å²) < 4.78 is 2.58. The number of halogens is 1. The molecule has 152 valence electrons. The van der Waals surface area contributed by atoms with Crippen molar-refractivity contribution >= 4 is 26.8 Å². The number of aryl methyl sites for hydroxylation is 1. The SMILES string of the molecule is CCCCc1ccc(-c2nc3ccccc3c(=O)n2NCc2cccc(Br)c2)cc1. The molecule has 4 nitrogen and oxygen atoms in total. The third kappa shape index (κ3) is 4.46. The standard InChI is InChI=1S/C25H24BrN3O/c1-2-3-7-18-12-14-20(15-13-18)24-28-23-11-5-4-10-22(23)25(30)29(24)27-17-19-8-6-9-21(26)16-19/h4-6,8-16,27H,2-3,7,17H2,1H3. The summed E-state index contributed by atoms with van der Waals surface area (Å²) in [6.45, 7) is 2.71. The number of para-hydroxylation sites is 1. The summed E-state index contributed by atoms with van der Waals surface area (Å²) in [4.78, 5) is 18.1. The zero-order chi connectivity index (χ0) is 20.9. The Morgan fingerprint density at radius 2 is 1.77 bits per heavy atom. The molecule has 0 spiro atoms. The molecular weight excluding hydrogens is 438 g/mol. The number of hydrogen-bond donors (Lipinski definition) is 1. The van der Waals surface area contributed by atoms with E-state index in [9.17, 15) is 4.79 Å². The number of aromatic nitrogens is 2. The smallest absolute Gasteiger partial charge is 0.280 e. The van der Waals surface area contributed by atoms with Gasteiger partial charge in [0, 0.05) is 10.0 Å². The van der Waals surface area contributed by atoms with Gasteiger partial charge < -0.3 is 5.43 Å². The number of benzene rings is 3. The maximum absolute atomic E-state index is 13.3. The Morgan fingerprint density at radius 3 is 2.53 bits per heavy atom. The van der Waals surface area contributed by atoms with E-state index in [0.717, 1.165) is 22.0 Å². The zero-order valence-corrected chi connectivity index (χ0v) is 18.5. The first-order valence-corrected chi connectivity index (χ1v) is 11.0. The van der Waals surface area contributed by atoms with Gasteiger partial charge in [-0.2, -0.15) is 0 Å². The van der Waals surface area contributed by atoms with Crippen LogP contribution in [0.4, 0.5) is 0 Å². The van der Waals surface area contributed by atoms with Crippen LogP contribution in [0.3, 0.4) is 0 Å². The van der Waals surface area contributed by atoms with Crippen LogP contribution in [0, 0.1) is 0 Å². The number of rotatable bonds is 7. The molecule has 0 saturated carbocycles. The van der Waals surface area contributed by atoms with Gasteiger partial charge in [-0.15, -0.1) is 0 Å². The van der Waals surface area contributed by atoms with Crippen molar-refractivity contribution in [3.63, 3.8) is 0 Å². The summed E-state index contributed by atoms with van der Waals surface area (Å²) in [7, 11) is 0. The van der Waals surface area contributed by atoms with Gasteiger partial charge in [-0.25, -0.2) is 9.66 Å². The predicted octanol–water partition coefficient (Wildman–Crippen LogP) is 5.91. The lowest BCUT2D eigenvalue weighted by Gasteiger charge is -2.16. The van der Waals surface area contributed by atoms with E-state index >= 15 is 0 Å². The zero-order valence-electron chi connectivity index (χ0n) is 16.9. The summed E-state index contributed by atoms with van der Waals surface area (Å²) in [6.07, 6.45) is 3.41. The fourth-order valence-electron chi connectivity index (χ4n) is 3.49. The molecule has 30 heavy (non-hydrogen) atoms. The highest BCUT2D eigenvalue weighted by Crippen LogP contribution is 2.20. The minimum atomic E-state index is -0.0966. The first-order chi connectivity index (χ1) is 14.7. The highest BCUT2D eigenvalue weighted by Gasteiger charge is 2.13. The lowest BCUT2D eigenvalue weighted by Crippen LogP contribution is -2.31. The van der Waals surface area contributed by atoms with Gasteiger partial charge in [0.15, 0.2) is 5.82 Å².